The Labute approximate surface area is 166 Å². The number of carbonyl (C=O) groups excluding carboxylic acids is 2. The second kappa shape index (κ2) is 11.1. The largest absolute Gasteiger partial charge is 0.480 e. The average Bonchev–Trinajstić information content (AvgIpc) is 2.71. The summed E-state index contributed by atoms with van der Waals surface area (Å²) < 4.78 is 10.8. The van der Waals surface area contributed by atoms with E-state index in [1.807, 2.05) is 38.1 Å². The molecule has 28 heavy (non-hydrogen) atoms. The van der Waals surface area contributed by atoms with Gasteiger partial charge < -0.3 is 20.1 Å². The van der Waals surface area contributed by atoms with Crippen LogP contribution in [0.25, 0.3) is 0 Å². The van der Waals surface area contributed by atoms with Gasteiger partial charge in [-0.1, -0.05) is 25.1 Å². The highest BCUT2D eigenvalue weighted by Crippen LogP contribution is 2.19. The van der Waals surface area contributed by atoms with Crippen LogP contribution in [-0.2, 0) is 9.53 Å². The zero-order valence-electron chi connectivity index (χ0n) is 16.7. The van der Waals surface area contributed by atoms with Crippen LogP contribution in [0.4, 0.5) is 5.69 Å². The zero-order valence-corrected chi connectivity index (χ0v) is 16.7. The molecule has 0 fully saturated rings. The summed E-state index contributed by atoms with van der Waals surface area (Å²) in [7, 11) is 1.63. The maximum Gasteiger partial charge on any atom is 0.265 e. The van der Waals surface area contributed by atoms with Crippen molar-refractivity contribution in [3.8, 4) is 5.75 Å². The van der Waals surface area contributed by atoms with Crippen molar-refractivity contribution >= 4 is 17.5 Å². The van der Waals surface area contributed by atoms with Crippen molar-refractivity contribution in [1.29, 1.82) is 0 Å². The molecular formula is C22H28N2O4. The van der Waals surface area contributed by atoms with Crippen molar-refractivity contribution < 1.29 is 19.1 Å². The summed E-state index contributed by atoms with van der Waals surface area (Å²) in [6, 6.07) is 14.4. The first kappa shape index (κ1) is 21.4. The Morgan fingerprint density at radius 1 is 1.07 bits per heavy atom. The van der Waals surface area contributed by atoms with E-state index in [1.54, 1.807) is 31.4 Å². The van der Waals surface area contributed by atoms with Crippen LogP contribution in [0.5, 0.6) is 5.75 Å². The van der Waals surface area contributed by atoms with Crippen LogP contribution in [0.15, 0.2) is 48.5 Å². The molecule has 0 saturated carbocycles. The molecule has 2 N–H and O–H groups in total. The third-order valence-electron chi connectivity index (χ3n) is 4.25. The maximum atomic E-state index is 12.6. The Hall–Kier alpha value is -2.86. The Balaban J connectivity index is 1.92. The molecular weight excluding hydrogens is 356 g/mol. The number of para-hydroxylation sites is 1. The molecule has 0 aromatic heterocycles. The predicted octanol–water partition coefficient (Wildman–Crippen LogP) is 3.56. The SMILES string of the molecule is CCC(Oc1ccccc1C)C(=O)Nc1ccc(C(=O)NCCCOC)cc1. The van der Waals surface area contributed by atoms with Gasteiger partial charge in [0.05, 0.1) is 0 Å². The Kier molecular flexibility index (Phi) is 8.49. The molecule has 0 saturated heterocycles. The van der Waals surface area contributed by atoms with Gasteiger partial charge in [0.25, 0.3) is 11.8 Å². The summed E-state index contributed by atoms with van der Waals surface area (Å²) >= 11 is 0. The monoisotopic (exact) mass is 384 g/mol. The molecule has 0 radical (unpaired) electrons. The summed E-state index contributed by atoms with van der Waals surface area (Å²) in [5.74, 6) is 0.329. The number of carbonyl (C=O) groups is 2. The van der Waals surface area contributed by atoms with Crippen molar-refractivity contribution in [2.24, 2.45) is 0 Å². The standard InChI is InChI=1S/C22H28N2O4/c1-4-19(28-20-9-6-5-8-16(20)2)22(26)24-18-12-10-17(11-13-18)21(25)23-14-7-15-27-3/h5-6,8-13,19H,4,7,14-15H2,1-3H3,(H,23,25)(H,24,26). The average molecular weight is 384 g/mol. The van der Waals surface area contributed by atoms with E-state index in [2.05, 4.69) is 10.6 Å². The van der Waals surface area contributed by atoms with Gasteiger partial charge in [0.1, 0.15) is 5.75 Å². The molecule has 1 atom stereocenters. The molecule has 0 bridgehead atoms. The minimum atomic E-state index is -0.593. The molecule has 0 aliphatic carbocycles. The van der Waals surface area contributed by atoms with Crippen LogP contribution in [0.2, 0.25) is 0 Å². The molecule has 2 aromatic carbocycles. The fourth-order valence-electron chi connectivity index (χ4n) is 2.61. The van der Waals surface area contributed by atoms with Gasteiger partial charge in [0, 0.05) is 31.5 Å². The number of hydrogen-bond donors (Lipinski definition) is 2. The van der Waals surface area contributed by atoms with Gasteiger partial charge in [-0.3, -0.25) is 9.59 Å². The molecule has 150 valence electrons. The maximum absolute atomic E-state index is 12.6. The number of benzene rings is 2. The van der Waals surface area contributed by atoms with Crippen LogP contribution < -0.4 is 15.4 Å². The van der Waals surface area contributed by atoms with E-state index in [-0.39, 0.29) is 11.8 Å². The van der Waals surface area contributed by atoms with E-state index < -0.39 is 6.10 Å². The summed E-state index contributed by atoms with van der Waals surface area (Å²) in [6.07, 6.45) is 0.711. The highest BCUT2D eigenvalue weighted by Gasteiger charge is 2.19. The fraction of sp³-hybridized carbons (Fsp3) is 0.364. The number of amides is 2. The van der Waals surface area contributed by atoms with Gasteiger partial charge >= 0.3 is 0 Å². The summed E-state index contributed by atoms with van der Waals surface area (Å²) in [4.78, 5) is 24.6. The molecule has 6 heteroatoms. The fourth-order valence-corrected chi connectivity index (χ4v) is 2.61. The number of ether oxygens (including phenoxy) is 2. The van der Waals surface area contributed by atoms with Crippen LogP contribution >= 0.6 is 0 Å². The number of nitrogens with one attached hydrogen (secondary N) is 2. The van der Waals surface area contributed by atoms with Crippen molar-refractivity contribution in [2.45, 2.75) is 32.8 Å². The molecule has 0 heterocycles. The van der Waals surface area contributed by atoms with E-state index >= 15 is 0 Å². The van der Waals surface area contributed by atoms with E-state index in [1.165, 1.54) is 0 Å². The van der Waals surface area contributed by atoms with Gasteiger partial charge in [0.2, 0.25) is 0 Å². The lowest BCUT2D eigenvalue weighted by molar-refractivity contribution is -0.122. The van der Waals surface area contributed by atoms with Gasteiger partial charge in [-0.05, 0) is 55.7 Å². The van der Waals surface area contributed by atoms with Crippen LogP contribution in [-0.4, -0.2) is 38.2 Å². The van der Waals surface area contributed by atoms with Gasteiger partial charge in [-0.25, -0.2) is 0 Å². The molecule has 2 rings (SSSR count). The molecule has 1 unspecified atom stereocenters. The van der Waals surface area contributed by atoms with E-state index in [0.717, 1.165) is 12.0 Å². The third-order valence-corrected chi connectivity index (χ3v) is 4.25. The number of hydrogen-bond acceptors (Lipinski definition) is 4. The number of rotatable bonds is 10. The first-order valence-electron chi connectivity index (χ1n) is 9.45. The van der Waals surface area contributed by atoms with E-state index in [0.29, 0.717) is 36.6 Å². The number of methoxy groups -OCH3 is 1. The normalized spacial score (nSPS) is 11.5. The third kappa shape index (κ3) is 6.39. The first-order chi connectivity index (χ1) is 13.5. The lowest BCUT2D eigenvalue weighted by Crippen LogP contribution is -2.32. The first-order valence-corrected chi connectivity index (χ1v) is 9.45. The topological polar surface area (TPSA) is 76.7 Å². The summed E-state index contributed by atoms with van der Waals surface area (Å²) in [5, 5.41) is 5.67. The van der Waals surface area contributed by atoms with Gasteiger partial charge in [0.15, 0.2) is 6.10 Å². The molecule has 6 nitrogen and oxygen atoms in total. The van der Waals surface area contributed by atoms with E-state index in [4.69, 9.17) is 9.47 Å². The van der Waals surface area contributed by atoms with Crippen LogP contribution in [0.1, 0.15) is 35.7 Å². The Bertz CT molecular complexity index is 774. The van der Waals surface area contributed by atoms with Crippen molar-refractivity contribution in [1.82, 2.24) is 5.32 Å². The predicted molar refractivity (Wildman–Crippen MR) is 110 cm³/mol. The van der Waals surface area contributed by atoms with Crippen molar-refractivity contribution in [2.75, 3.05) is 25.6 Å². The van der Waals surface area contributed by atoms with E-state index in [9.17, 15) is 9.59 Å². The molecule has 0 aliphatic rings. The number of aryl methyl sites for hydroxylation is 1. The summed E-state index contributed by atoms with van der Waals surface area (Å²) in [6.45, 7) is 5.01. The van der Waals surface area contributed by atoms with Crippen LogP contribution in [0.3, 0.4) is 0 Å². The zero-order chi connectivity index (χ0) is 20.4. The van der Waals surface area contributed by atoms with Crippen molar-refractivity contribution in [3.05, 3.63) is 59.7 Å². The van der Waals surface area contributed by atoms with Gasteiger partial charge in [-0.2, -0.15) is 0 Å². The smallest absolute Gasteiger partial charge is 0.265 e. The summed E-state index contributed by atoms with van der Waals surface area (Å²) in [5.41, 5.74) is 2.14. The molecule has 0 aliphatic heterocycles. The highest BCUT2D eigenvalue weighted by atomic mass is 16.5. The number of anilines is 1. The second-order valence-corrected chi connectivity index (χ2v) is 6.45. The molecule has 2 amide bonds. The Morgan fingerprint density at radius 3 is 2.43 bits per heavy atom. The van der Waals surface area contributed by atoms with Gasteiger partial charge in [-0.15, -0.1) is 0 Å². The second-order valence-electron chi connectivity index (χ2n) is 6.45. The lowest BCUT2D eigenvalue weighted by atomic mass is 10.1. The molecule has 2 aromatic rings. The minimum Gasteiger partial charge on any atom is -0.480 e. The van der Waals surface area contributed by atoms with Crippen molar-refractivity contribution in [3.63, 3.8) is 0 Å². The Morgan fingerprint density at radius 2 is 1.79 bits per heavy atom. The lowest BCUT2D eigenvalue weighted by Gasteiger charge is -2.18. The highest BCUT2D eigenvalue weighted by molar-refractivity contribution is 5.97. The quantitative estimate of drug-likeness (QED) is 0.614. The minimum absolute atomic E-state index is 0.150. The van der Waals surface area contributed by atoms with Crippen LogP contribution in [0, 0.1) is 6.92 Å². The molecule has 0 spiro atoms.